The van der Waals surface area contributed by atoms with Crippen molar-refractivity contribution in [2.45, 2.75) is 38.6 Å². The Morgan fingerprint density at radius 1 is 1.30 bits per heavy atom. The van der Waals surface area contributed by atoms with Gasteiger partial charge in [-0.15, -0.1) is 10.2 Å². The highest BCUT2D eigenvalue weighted by Crippen LogP contribution is 2.24. The minimum atomic E-state index is 0.597. The minimum Gasteiger partial charge on any atom is -0.421 e. The van der Waals surface area contributed by atoms with Crippen molar-refractivity contribution < 1.29 is 4.42 Å². The second kappa shape index (κ2) is 6.06. The molecule has 0 radical (unpaired) electrons. The van der Waals surface area contributed by atoms with Gasteiger partial charge < -0.3 is 9.73 Å². The first-order valence-corrected chi connectivity index (χ1v) is 7.83. The lowest BCUT2D eigenvalue weighted by Gasteiger charge is -2.00. The predicted molar refractivity (Wildman–Crippen MR) is 81.5 cm³/mol. The molecule has 1 aliphatic rings. The van der Waals surface area contributed by atoms with E-state index in [-0.39, 0.29) is 0 Å². The number of aryl methyl sites for hydroxylation is 2. The fraction of sp³-hybridized carbons (Fsp3) is 0.467. The Labute approximate surface area is 127 Å². The molecule has 1 fully saturated rings. The molecule has 106 valence electrons. The number of rotatable bonds is 6. The Hall–Kier alpha value is -1.20. The van der Waals surface area contributed by atoms with Crippen LogP contribution in [0.3, 0.4) is 0 Å². The number of nitrogens with zero attached hydrogens (tertiary/aromatic N) is 2. The number of halogens is 1. The molecule has 1 aromatic heterocycles. The Balaban J connectivity index is 1.60. The van der Waals surface area contributed by atoms with Gasteiger partial charge in [-0.3, -0.25) is 0 Å². The smallest absolute Gasteiger partial charge is 0.247 e. The lowest BCUT2D eigenvalue weighted by atomic mass is 10.1. The van der Waals surface area contributed by atoms with Crippen molar-refractivity contribution >= 4 is 15.9 Å². The van der Waals surface area contributed by atoms with E-state index in [0.717, 1.165) is 41.4 Å². The fourth-order valence-electron chi connectivity index (χ4n) is 2.16. The molecule has 20 heavy (non-hydrogen) atoms. The highest BCUT2D eigenvalue weighted by molar-refractivity contribution is 9.10. The monoisotopic (exact) mass is 335 g/mol. The van der Waals surface area contributed by atoms with E-state index in [1.807, 2.05) is 6.07 Å². The van der Waals surface area contributed by atoms with Crippen molar-refractivity contribution in [2.24, 2.45) is 0 Å². The Morgan fingerprint density at radius 2 is 2.15 bits per heavy atom. The van der Waals surface area contributed by atoms with Gasteiger partial charge >= 0.3 is 0 Å². The summed E-state index contributed by atoms with van der Waals surface area (Å²) in [6.45, 7) is 3.08. The topological polar surface area (TPSA) is 51.0 Å². The summed E-state index contributed by atoms with van der Waals surface area (Å²) in [4.78, 5) is 0. The van der Waals surface area contributed by atoms with Gasteiger partial charge in [-0.05, 0) is 56.5 Å². The summed E-state index contributed by atoms with van der Waals surface area (Å²) in [6, 6.07) is 6.87. The first kappa shape index (κ1) is 13.8. The van der Waals surface area contributed by atoms with E-state index < -0.39 is 0 Å². The summed E-state index contributed by atoms with van der Waals surface area (Å²) in [7, 11) is 0. The molecule has 0 saturated heterocycles. The average molecular weight is 336 g/mol. The molecule has 0 spiro atoms. The molecule has 1 aromatic carbocycles. The second-order valence-electron chi connectivity index (χ2n) is 5.35. The van der Waals surface area contributed by atoms with Crippen molar-refractivity contribution in [3.63, 3.8) is 0 Å². The zero-order chi connectivity index (χ0) is 13.9. The fourth-order valence-corrected chi connectivity index (χ4v) is 2.77. The van der Waals surface area contributed by atoms with Crippen LogP contribution in [-0.2, 0) is 6.42 Å². The zero-order valence-electron chi connectivity index (χ0n) is 11.5. The highest BCUT2D eigenvalue weighted by Gasteiger charge is 2.19. The normalized spacial score (nSPS) is 14.7. The third-order valence-corrected chi connectivity index (χ3v) is 3.79. The Morgan fingerprint density at radius 3 is 2.90 bits per heavy atom. The van der Waals surface area contributed by atoms with Crippen LogP contribution in [0.4, 0.5) is 0 Å². The summed E-state index contributed by atoms with van der Waals surface area (Å²) in [6.07, 6.45) is 4.52. The summed E-state index contributed by atoms with van der Waals surface area (Å²) >= 11 is 3.49. The van der Waals surface area contributed by atoms with Crippen molar-refractivity contribution in [1.82, 2.24) is 15.5 Å². The van der Waals surface area contributed by atoms with Gasteiger partial charge in [0.15, 0.2) is 0 Å². The Bertz CT molecular complexity index is 572. The molecule has 1 aliphatic carbocycles. The molecule has 2 aromatic rings. The third kappa shape index (κ3) is 3.67. The molecule has 0 amide bonds. The molecule has 1 saturated carbocycles. The molecular formula is C15H18BrN3O. The number of nitrogens with one attached hydrogen (secondary N) is 1. The van der Waals surface area contributed by atoms with Crippen LogP contribution in [0.15, 0.2) is 27.1 Å². The van der Waals surface area contributed by atoms with Crippen molar-refractivity contribution in [2.75, 3.05) is 6.54 Å². The van der Waals surface area contributed by atoms with Gasteiger partial charge in [0, 0.05) is 22.5 Å². The van der Waals surface area contributed by atoms with Gasteiger partial charge in [0.25, 0.3) is 0 Å². The standard InChI is InChI=1S/C15H18BrN3O/c1-10-7-11(9-12(16)8-10)15-19-18-14(20-15)3-2-6-17-13-4-5-13/h7-9,13,17H,2-6H2,1H3. The van der Waals surface area contributed by atoms with Crippen LogP contribution in [0.25, 0.3) is 11.5 Å². The maximum absolute atomic E-state index is 5.73. The van der Waals surface area contributed by atoms with Crippen molar-refractivity contribution in [1.29, 1.82) is 0 Å². The summed E-state index contributed by atoms with van der Waals surface area (Å²) in [5.74, 6) is 1.31. The molecule has 0 unspecified atom stereocenters. The highest BCUT2D eigenvalue weighted by atomic mass is 79.9. The average Bonchev–Trinajstić information content (AvgIpc) is 3.10. The van der Waals surface area contributed by atoms with E-state index in [1.165, 1.54) is 18.4 Å². The van der Waals surface area contributed by atoms with Gasteiger partial charge in [-0.25, -0.2) is 0 Å². The summed E-state index contributed by atoms with van der Waals surface area (Å²) in [5, 5.41) is 11.7. The number of aromatic nitrogens is 2. The van der Waals surface area contributed by atoms with Crippen LogP contribution in [0, 0.1) is 6.92 Å². The number of benzene rings is 1. The SMILES string of the molecule is Cc1cc(Br)cc(-c2nnc(CCCNC3CC3)o2)c1. The van der Waals surface area contributed by atoms with Crippen LogP contribution in [0.2, 0.25) is 0 Å². The molecule has 3 rings (SSSR count). The first-order valence-electron chi connectivity index (χ1n) is 7.04. The van der Waals surface area contributed by atoms with Crippen molar-refractivity contribution in [3.05, 3.63) is 34.1 Å². The summed E-state index contributed by atoms with van der Waals surface area (Å²) < 4.78 is 6.76. The quantitative estimate of drug-likeness (QED) is 0.821. The van der Waals surface area contributed by atoms with Gasteiger partial charge in [0.05, 0.1) is 0 Å². The second-order valence-corrected chi connectivity index (χ2v) is 6.27. The first-order chi connectivity index (χ1) is 9.70. The van der Waals surface area contributed by atoms with Gasteiger partial charge in [0.2, 0.25) is 11.8 Å². The minimum absolute atomic E-state index is 0.597. The largest absolute Gasteiger partial charge is 0.421 e. The molecule has 1 N–H and O–H groups in total. The van der Waals surface area contributed by atoms with E-state index in [9.17, 15) is 0 Å². The van der Waals surface area contributed by atoms with E-state index in [1.54, 1.807) is 0 Å². The molecule has 5 heteroatoms. The molecule has 0 bridgehead atoms. The van der Waals surface area contributed by atoms with E-state index in [4.69, 9.17) is 4.42 Å². The van der Waals surface area contributed by atoms with E-state index >= 15 is 0 Å². The Kier molecular flexibility index (Phi) is 4.17. The van der Waals surface area contributed by atoms with E-state index in [0.29, 0.717) is 5.89 Å². The lowest BCUT2D eigenvalue weighted by Crippen LogP contribution is -2.17. The van der Waals surface area contributed by atoms with Crippen LogP contribution in [0.5, 0.6) is 0 Å². The van der Waals surface area contributed by atoms with Gasteiger partial charge in [-0.1, -0.05) is 15.9 Å². The van der Waals surface area contributed by atoms with Crippen LogP contribution in [0.1, 0.15) is 30.7 Å². The van der Waals surface area contributed by atoms with Gasteiger partial charge in [0.1, 0.15) is 0 Å². The molecule has 0 aliphatic heterocycles. The maximum Gasteiger partial charge on any atom is 0.247 e. The maximum atomic E-state index is 5.73. The third-order valence-electron chi connectivity index (χ3n) is 3.33. The lowest BCUT2D eigenvalue weighted by molar-refractivity contribution is 0.491. The number of hydrogen-bond acceptors (Lipinski definition) is 4. The van der Waals surface area contributed by atoms with Gasteiger partial charge in [-0.2, -0.15) is 0 Å². The molecular weight excluding hydrogens is 318 g/mol. The predicted octanol–water partition coefficient (Wildman–Crippen LogP) is 3.49. The van der Waals surface area contributed by atoms with Crippen molar-refractivity contribution in [3.8, 4) is 11.5 Å². The van der Waals surface area contributed by atoms with Crippen LogP contribution >= 0.6 is 15.9 Å². The summed E-state index contributed by atoms with van der Waals surface area (Å²) in [5.41, 5.74) is 2.13. The number of hydrogen-bond donors (Lipinski definition) is 1. The molecule has 1 heterocycles. The van der Waals surface area contributed by atoms with Crippen LogP contribution in [-0.4, -0.2) is 22.8 Å². The molecule has 0 atom stereocenters. The van der Waals surface area contributed by atoms with Crippen LogP contribution < -0.4 is 5.32 Å². The zero-order valence-corrected chi connectivity index (χ0v) is 13.1. The van der Waals surface area contributed by atoms with E-state index in [2.05, 4.69) is 50.5 Å². The molecule has 4 nitrogen and oxygen atoms in total.